The van der Waals surface area contributed by atoms with Gasteiger partial charge in [0.25, 0.3) is 0 Å². The Labute approximate surface area is 575 Å². The number of phosphoric ester groups is 2. The van der Waals surface area contributed by atoms with Crippen LogP contribution in [0.2, 0.25) is 0 Å². The smallest absolute Gasteiger partial charge is 0.462 e. The zero-order valence-electron chi connectivity index (χ0n) is 61.6. The van der Waals surface area contributed by atoms with Crippen LogP contribution in [0.4, 0.5) is 0 Å². The van der Waals surface area contributed by atoms with E-state index in [-0.39, 0.29) is 25.7 Å². The molecule has 4 unspecified atom stereocenters. The number of carbonyl (C=O) groups excluding carboxylic acids is 4. The van der Waals surface area contributed by atoms with Crippen LogP contribution in [0.3, 0.4) is 0 Å². The van der Waals surface area contributed by atoms with Gasteiger partial charge in [0.15, 0.2) is 12.2 Å². The predicted octanol–water partition coefficient (Wildman–Crippen LogP) is 21.7. The van der Waals surface area contributed by atoms with Crippen LogP contribution in [0, 0.1) is 23.7 Å². The molecule has 0 saturated heterocycles. The SMILES string of the molecule is CCC(C)CCCCCCCCCCCCCCCCC(=O)OC[C@H](COP(=O)(O)OC[C@@H](O)COP(=O)(O)OC[C@@H](COC(=O)CCCCCCCCC(C)CC)OC(=O)CCCCCCCCCCCCC(C)C)OC(=O)CCCCCCCCCCCCC(C)C. The first kappa shape index (κ1) is 92.1. The van der Waals surface area contributed by atoms with Crippen LogP contribution in [-0.2, 0) is 65.4 Å². The summed E-state index contributed by atoms with van der Waals surface area (Å²) in [5.74, 6) is 0.961. The molecule has 0 aromatic carbocycles. The minimum Gasteiger partial charge on any atom is -0.462 e. The molecular weight excluding hydrogens is 1230 g/mol. The normalized spacial score (nSPS) is 14.7. The van der Waals surface area contributed by atoms with Crippen LogP contribution < -0.4 is 0 Å². The molecule has 0 bridgehead atoms. The van der Waals surface area contributed by atoms with Gasteiger partial charge >= 0.3 is 39.5 Å². The quantitative estimate of drug-likeness (QED) is 0.0222. The molecule has 0 heterocycles. The topological polar surface area (TPSA) is 237 Å². The van der Waals surface area contributed by atoms with Crippen molar-refractivity contribution >= 4 is 39.5 Å². The van der Waals surface area contributed by atoms with Gasteiger partial charge in [-0.25, -0.2) is 9.13 Å². The van der Waals surface area contributed by atoms with Gasteiger partial charge in [0.1, 0.15) is 19.3 Å². The van der Waals surface area contributed by atoms with E-state index >= 15 is 0 Å². The van der Waals surface area contributed by atoms with Crippen LogP contribution in [-0.4, -0.2) is 96.7 Å². The van der Waals surface area contributed by atoms with Gasteiger partial charge in [-0.2, -0.15) is 0 Å². The molecule has 94 heavy (non-hydrogen) atoms. The molecule has 558 valence electrons. The largest absolute Gasteiger partial charge is 0.472 e. The van der Waals surface area contributed by atoms with Crippen molar-refractivity contribution in [1.82, 2.24) is 0 Å². The Morgan fingerprint density at radius 3 is 0.755 bits per heavy atom. The number of carbonyl (C=O) groups is 4. The highest BCUT2D eigenvalue weighted by Crippen LogP contribution is 2.45. The molecule has 0 radical (unpaired) electrons. The fourth-order valence-corrected chi connectivity index (χ4v) is 12.9. The third-order valence-electron chi connectivity index (χ3n) is 18.0. The summed E-state index contributed by atoms with van der Waals surface area (Å²) in [7, 11) is -9.91. The van der Waals surface area contributed by atoms with Crippen molar-refractivity contribution in [3.8, 4) is 0 Å². The Bertz CT molecular complexity index is 1850. The zero-order chi connectivity index (χ0) is 69.6. The number of ether oxygens (including phenoxy) is 4. The van der Waals surface area contributed by atoms with Gasteiger partial charge in [-0.3, -0.25) is 37.3 Å². The predicted molar refractivity (Wildman–Crippen MR) is 381 cm³/mol. The summed E-state index contributed by atoms with van der Waals surface area (Å²) >= 11 is 0. The lowest BCUT2D eigenvalue weighted by Gasteiger charge is -2.21. The molecule has 17 nitrogen and oxygen atoms in total. The molecule has 19 heteroatoms. The first-order chi connectivity index (χ1) is 45.2. The summed E-state index contributed by atoms with van der Waals surface area (Å²) in [4.78, 5) is 72.8. The number of phosphoric acid groups is 2. The summed E-state index contributed by atoms with van der Waals surface area (Å²) < 4.78 is 68.5. The maximum absolute atomic E-state index is 13.1. The molecule has 0 aliphatic rings. The zero-order valence-corrected chi connectivity index (χ0v) is 63.4. The van der Waals surface area contributed by atoms with Gasteiger partial charge in [-0.15, -0.1) is 0 Å². The molecule has 0 rings (SSSR count). The molecule has 3 N–H and O–H groups in total. The molecule has 0 aromatic rings. The van der Waals surface area contributed by atoms with E-state index in [1.807, 2.05) is 0 Å². The van der Waals surface area contributed by atoms with Crippen LogP contribution in [0.1, 0.15) is 376 Å². The van der Waals surface area contributed by atoms with E-state index in [0.29, 0.717) is 25.7 Å². The average Bonchev–Trinajstić information content (AvgIpc) is 2.06. The van der Waals surface area contributed by atoms with E-state index in [9.17, 15) is 43.2 Å². The Morgan fingerprint density at radius 2 is 0.511 bits per heavy atom. The van der Waals surface area contributed by atoms with E-state index in [2.05, 4.69) is 55.4 Å². The van der Waals surface area contributed by atoms with E-state index in [0.717, 1.165) is 120 Å². The highest BCUT2D eigenvalue weighted by Gasteiger charge is 2.30. The van der Waals surface area contributed by atoms with Crippen LogP contribution in [0.15, 0.2) is 0 Å². The Morgan fingerprint density at radius 1 is 0.298 bits per heavy atom. The van der Waals surface area contributed by atoms with Crippen LogP contribution in [0.5, 0.6) is 0 Å². The minimum atomic E-state index is -4.96. The lowest BCUT2D eigenvalue weighted by Crippen LogP contribution is -2.30. The second kappa shape index (κ2) is 64.4. The summed E-state index contributed by atoms with van der Waals surface area (Å²) in [6.45, 7) is 14.2. The van der Waals surface area contributed by atoms with E-state index in [1.165, 1.54) is 173 Å². The average molecular weight is 1380 g/mol. The van der Waals surface area contributed by atoms with Crippen molar-refractivity contribution in [3.63, 3.8) is 0 Å². The summed E-state index contributed by atoms with van der Waals surface area (Å²) in [5, 5.41) is 10.6. The van der Waals surface area contributed by atoms with Gasteiger partial charge in [0.05, 0.1) is 26.4 Å². The number of unbranched alkanes of at least 4 members (excludes halogenated alkanes) is 36. The summed E-state index contributed by atoms with van der Waals surface area (Å²) in [6, 6.07) is 0. The molecule has 0 aliphatic heterocycles. The lowest BCUT2D eigenvalue weighted by atomic mass is 9.99. The summed E-state index contributed by atoms with van der Waals surface area (Å²) in [5.41, 5.74) is 0. The maximum Gasteiger partial charge on any atom is 0.472 e. The third-order valence-corrected chi connectivity index (χ3v) is 19.9. The van der Waals surface area contributed by atoms with Crippen molar-refractivity contribution in [2.24, 2.45) is 23.7 Å². The fraction of sp³-hybridized carbons (Fsp3) is 0.947. The number of rotatable bonds is 72. The van der Waals surface area contributed by atoms with Crippen LogP contribution in [0.25, 0.3) is 0 Å². The van der Waals surface area contributed by atoms with Gasteiger partial charge in [0, 0.05) is 25.7 Å². The molecule has 0 aliphatic carbocycles. The molecule has 0 spiro atoms. The van der Waals surface area contributed by atoms with Gasteiger partial charge in [-0.05, 0) is 49.4 Å². The van der Waals surface area contributed by atoms with Crippen molar-refractivity contribution in [3.05, 3.63) is 0 Å². The molecule has 0 aromatic heterocycles. The fourth-order valence-electron chi connectivity index (χ4n) is 11.3. The van der Waals surface area contributed by atoms with Gasteiger partial charge in [-0.1, -0.05) is 325 Å². The van der Waals surface area contributed by atoms with Crippen LogP contribution >= 0.6 is 15.6 Å². The molecule has 0 amide bonds. The van der Waals surface area contributed by atoms with E-state index in [4.69, 9.17) is 37.0 Å². The van der Waals surface area contributed by atoms with E-state index in [1.54, 1.807) is 0 Å². The first-order valence-corrected chi connectivity index (χ1v) is 41.8. The Balaban J connectivity index is 5.24. The monoisotopic (exact) mass is 1380 g/mol. The van der Waals surface area contributed by atoms with Crippen molar-refractivity contribution < 1.29 is 80.2 Å². The number of hydrogen-bond donors (Lipinski definition) is 3. The second-order valence-corrected chi connectivity index (χ2v) is 31.4. The third kappa shape index (κ3) is 66.0. The second-order valence-electron chi connectivity index (χ2n) is 28.5. The number of aliphatic hydroxyl groups is 1. The summed E-state index contributed by atoms with van der Waals surface area (Å²) in [6.07, 6.45) is 48.5. The minimum absolute atomic E-state index is 0.105. The van der Waals surface area contributed by atoms with Gasteiger partial charge < -0.3 is 33.8 Å². The first-order valence-electron chi connectivity index (χ1n) is 38.8. The van der Waals surface area contributed by atoms with Crippen molar-refractivity contribution in [2.45, 2.75) is 395 Å². The standard InChI is InChI=1S/C75H146O17P2/c1-9-67(7)53-45-37-29-23-15-13-11-12-14-16-24-30-39-47-55-72(77)85-61-70(91-74(79)57-49-41-31-25-19-17-21-27-35-43-51-65(3)4)63-89-93(81,82)87-59-69(76)60-88-94(83,84)90-64-71(62-86-73(78)56-48-40-34-33-38-46-54-68(8)10-2)92-75(80)58-50-42-32-26-20-18-22-28-36-44-52-66(5)6/h65-71,76H,9-64H2,1-8H3,(H,81,82)(H,83,84)/t67?,68?,69-,70-,71-/m1/s1. The Hall–Kier alpha value is -1.94. The van der Waals surface area contributed by atoms with Crippen molar-refractivity contribution in [2.75, 3.05) is 39.6 Å². The van der Waals surface area contributed by atoms with Gasteiger partial charge in [0.2, 0.25) is 0 Å². The maximum atomic E-state index is 13.1. The highest BCUT2D eigenvalue weighted by molar-refractivity contribution is 7.47. The van der Waals surface area contributed by atoms with E-state index < -0.39 is 97.5 Å². The lowest BCUT2D eigenvalue weighted by molar-refractivity contribution is -0.161. The number of esters is 4. The number of hydrogen-bond acceptors (Lipinski definition) is 15. The highest BCUT2D eigenvalue weighted by atomic mass is 31.2. The molecular formula is C75H146O17P2. The molecule has 0 fully saturated rings. The molecule has 0 saturated carbocycles. The Kier molecular flexibility index (Phi) is 63.1. The van der Waals surface area contributed by atoms with Crippen molar-refractivity contribution in [1.29, 1.82) is 0 Å². The molecule has 7 atom stereocenters. The number of aliphatic hydroxyl groups excluding tert-OH is 1.